The van der Waals surface area contributed by atoms with Crippen molar-refractivity contribution in [2.24, 2.45) is 0 Å². The molecule has 0 aliphatic heterocycles. The molecule has 0 bridgehead atoms. The first-order valence-corrected chi connectivity index (χ1v) is 7.30. The van der Waals surface area contributed by atoms with Crippen molar-refractivity contribution in [2.45, 2.75) is 33.3 Å². The Bertz CT molecular complexity index is 670. The quantitative estimate of drug-likeness (QED) is 0.897. The molecule has 0 saturated carbocycles. The van der Waals surface area contributed by atoms with Gasteiger partial charge in [-0.3, -0.25) is 4.79 Å². The molecule has 0 aromatic heterocycles. The first-order valence-electron chi connectivity index (χ1n) is 7.30. The molecule has 0 saturated heterocycles. The van der Waals surface area contributed by atoms with Gasteiger partial charge in [-0.05, 0) is 61.7 Å². The average molecular weight is 301 g/mol. The predicted octanol–water partition coefficient (Wildman–Crippen LogP) is 4.24. The molecule has 0 radical (unpaired) electrons. The highest BCUT2D eigenvalue weighted by atomic mass is 19.1. The van der Waals surface area contributed by atoms with E-state index in [-0.39, 0.29) is 11.7 Å². The SMILES string of the molecule is CCC(Oc1ccc(C)c(C)c1)C(=O)Nc1cccc(F)c1. The number of anilines is 1. The van der Waals surface area contributed by atoms with Crippen molar-refractivity contribution >= 4 is 11.6 Å². The number of aryl methyl sites for hydroxylation is 2. The van der Waals surface area contributed by atoms with Crippen LogP contribution in [0.1, 0.15) is 24.5 Å². The van der Waals surface area contributed by atoms with Crippen molar-refractivity contribution in [3.05, 3.63) is 59.4 Å². The average Bonchev–Trinajstić information content (AvgIpc) is 2.48. The van der Waals surface area contributed by atoms with Gasteiger partial charge in [0.1, 0.15) is 11.6 Å². The molecule has 1 unspecified atom stereocenters. The Morgan fingerprint density at radius 2 is 1.95 bits per heavy atom. The van der Waals surface area contributed by atoms with E-state index in [2.05, 4.69) is 5.32 Å². The molecule has 116 valence electrons. The zero-order valence-electron chi connectivity index (χ0n) is 13.0. The predicted molar refractivity (Wildman–Crippen MR) is 85.7 cm³/mol. The van der Waals surface area contributed by atoms with Gasteiger partial charge in [0.05, 0.1) is 0 Å². The molecule has 0 aliphatic rings. The third-order valence-corrected chi connectivity index (χ3v) is 3.51. The van der Waals surface area contributed by atoms with Crippen molar-refractivity contribution in [3.63, 3.8) is 0 Å². The van der Waals surface area contributed by atoms with Crippen LogP contribution in [-0.2, 0) is 4.79 Å². The van der Waals surface area contributed by atoms with Crippen LogP contribution in [0.2, 0.25) is 0 Å². The summed E-state index contributed by atoms with van der Waals surface area (Å²) >= 11 is 0. The van der Waals surface area contributed by atoms with Gasteiger partial charge in [-0.25, -0.2) is 4.39 Å². The first-order chi connectivity index (χ1) is 10.5. The molecular weight excluding hydrogens is 281 g/mol. The summed E-state index contributed by atoms with van der Waals surface area (Å²) in [6.07, 6.45) is -0.0981. The maximum atomic E-state index is 13.1. The summed E-state index contributed by atoms with van der Waals surface area (Å²) in [5.74, 6) is -0.0170. The van der Waals surface area contributed by atoms with E-state index in [0.29, 0.717) is 17.9 Å². The van der Waals surface area contributed by atoms with Crippen LogP contribution in [0.4, 0.5) is 10.1 Å². The molecule has 2 aromatic rings. The Morgan fingerprint density at radius 1 is 1.18 bits per heavy atom. The second-order valence-electron chi connectivity index (χ2n) is 5.26. The highest BCUT2D eigenvalue weighted by molar-refractivity contribution is 5.94. The van der Waals surface area contributed by atoms with Gasteiger partial charge in [-0.15, -0.1) is 0 Å². The maximum absolute atomic E-state index is 13.1. The second kappa shape index (κ2) is 7.07. The van der Waals surface area contributed by atoms with E-state index in [1.165, 1.54) is 17.7 Å². The van der Waals surface area contributed by atoms with E-state index < -0.39 is 6.10 Å². The number of benzene rings is 2. The lowest BCUT2D eigenvalue weighted by Gasteiger charge is -2.18. The van der Waals surface area contributed by atoms with E-state index in [4.69, 9.17) is 4.74 Å². The molecule has 0 spiro atoms. The third-order valence-electron chi connectivity index (χ3n) is 3.51. The topological polar surface area (TPSA) is 38.3 Å². The van der Waals surface area contributed by atoms with Crippen LogP contribution in [-0.4, -0.2) is 12.0 Å². The number of halogens is 1. The molecule has 1 amide bonds. The minimum Gasteiger partial charge on any atom is -0.481 e. The van der Waals surface area contributed by atoms with Crippen LogP contribution >= 0.6 is 0 Å². The molecular formula is C18H20FNO2. The Balaban J connectivity index is 2.07. The molecule has 22 heavy (non-hydrogen) atoms. The fourth-order valence-corrected chi connectivity index (χ4v) is 2.06. The Labute approximate surface area is 130 Å². The minimum atomic E-state index is -0.620. The number of carbonyl (C=O) groups is 1. The normalized spacial score (nSPS) is 11.8. The van der Waals surface area contributed by atoms with Crippen molar-refractivity contribution in [3.8, 4) is 5.75 Å². The van der Waals surface area contributed by atoms with Gasteiger partial charge in [0.15, 0.2) is 6.10 Å². The summed E-state index contributed by atoms with van der Waals surface area (Å²) in [7, 11) is 0. The monoisotopic (exact) mass is 301 g/mol. The smallest absolute Gasteiger partial charge is 0.265 e. The number of hydrogen-bond donors (Lipinski definition) is 1. The number of ether oxygens (including phenoxy) is 1. The lowest BCUT2D eigenvalue weighted by atomic mass is 10.1. The molecule has 3 nitrogen and oxygen atoms in total. The third kappa shape index (κ3) is 4.07. The summed E-state index contributed by atoms with van der Waals surface area (Å²) in [6, 6.07) is 11.5. The van der Waals surface area contributed by atoms with E-state index in [9.17, 15) is 9.18 Å². The lowest BCUT2D eigenvalue weighted by Crippen LogP contribution is -2.32. The van der Waals surface area contributed by atoms with Gasteiger partial charge in [-0.2, -0.15) is 0 Å². The molecule has 1 atom stereocenters. The van der Waals surface area contributed by atoms with Crippen LogP contribution in [0.3, 0.4) is 0 Å². The minimum absolute atomic E-state index is 0.286. The zero-order chi connectivity index (χ0) is 16.1. The number of rotatable bonds is 5. The van der Waals surface area contributed by atoms with Crippen LogP contribution in [0, 0.1) is 19.7 Å². The first kappa shape index (κ1) is 16.0. The van der Waals surface area contributed by atoms with Crippen molar-refractivity contribution < 1.29 is 13.9 Å². The number of hydrogen-bond acceptors (Lipinski definition) is 2. The van der Waals surface area contributed by atoms with E-state index in [1.807, 2.05) is 39.0 Å². The molecule has 1 N–H and O–H groups in total. The van der Waals surface area contributed by atoms with Crippen LogP contribution in [0.25, 0.3) is 0 Å². The van der Waals surface area contributed by atoms with E-state index in [1.54, 1.807) is 12.1 Å². The lowest BCUT2D eigenvalue weighted by molar-refractivity contribution is -0.122. The number of carbonyl (C=O) groups excluding carboxylic acids is 1. The number of amides is 1. The van der Waals surface area contributed by atoms with Gasteiger partial charge in [0.2, 0.25) is 0 Å². The molecule has 0 fully saturated rings. The summed E-state index contributed by atoms with van der Waals surface area (Å²) in [5.41, 5.74) is 2.70. The maximum Gasteiger partial charge on any atom is 0.265 e. The molecule has 0 heterocycles. The summed E-state index contributed by atoms with van der Waals surface area (Å²) < 4.78 is 18.9. The highest BCUT2D eigenvalue weighted by Crippen LogP contribution is 2.19. The second-order valence-corrected chi connectivity index (χ2v) is 5.26. The van der Waals surface area contributed by atoms with Crippen molar-refractivity contribution in [1.82, 2.24) is 0 Å². The Kier molecular flexibility index (Phi) is 5.15. The van der Waals surface area contributed by atoms with Crippen LogP contribution in [0.15, 0.2) is 42.5 Å². The number of nitrogens with one attached hydrogen (secondary N) is 1. The standard InChI is InChI=1S/C18H20FNO2/c1-4-17(22-16-9-8-12(2)13(3)10-16)18(21)20-15-7-5-6-14(19)11-15/h5-11,17H,4H2,1-3H3,(H,20,21). The molecule has 2 rings (SSSR count). The molecule has 0 aliphatic carbocycles. The van der Waals surface area contributed by atoms with Crippen molar-refractivity contribution in [1.29, 1.82) is 0 Å². The van der Waals surface area contributed by atoms with Gasteiger partial charge < -0.3 is 10.1 Å². The Hall–Kier alpha value is -2.36. The fraction of sp³-hybridized carbons (Fsp3) is 0.278. The summed E-state index contributed by atoms with van der Waals surface area (Å²) in [4.78, 5) is 12.3. The van der Waals surface area contributed by atoms with Gasteiger partial charge in [0, 0.05) is 5.69 Å². The zero-order valence-corrected chi connectivity index (χ0v) is 13.0. The highest BCUT2D eigenvalue weighted by Gasteiger charge is 2.18. The molecule has 4 heteroatoms. The summed E-state index contributed by atoms with van der Waals surface area (Å²) in [5, 5.41) is 2.68. The molecule has 2 aromatic carbocycles. The van der Waals surface area contributed by atoms with Gasteiger partial charge in [0.25, 0.3) is 5.91 Å². The van der Waals surface area contributed by atoms with E-state index in [0.717, 1.165) is 5.56 Å². The fourth-order valence-electron chi connectivity index (χ4n) is 2.06. The largest absolute Gasteiger partial charge is 0.481 e. The van der Waals surface area contributed by atoms with Crippen LogP contribution in [0.5, 0.6) is 5.75 Å². The van der Waals surface area contributed by atoms with E-state index >= 15 is 0 Å². The summed E-state index contributed by atoms with van der Waals surface area (Å²) in [6.45, 7) is 5.89. The van der Waals surface area contributed by atoms with Gasteiger partial charge in [-0.1, -0.05) is 19.1 Å². The van der Waals surface area contributed by atoms with Crippen LogP contribution < -0.4 is 10.1 Å². The van der Waals surface area contributed by atoms with Crippen molar-refractivity contribution in [2.75, 3.05) is 5.32 Å². The Morgan fingerprint density at radius 3 is 2.59 bits per heavy atom. The van der Waals surface area contributed by atoms with Gasteiger partial charge >= 0.3 is 0 Å².